The van der Waals surface area contributed by atoms with Crippen molar-refractivity contribution in [3.8, 4) is 5.75 Å². The molecule has 1 fully saturated rings. The molecule has 2 heterocycles. The average Bonchev–Trinajstić information content (AvgIpc) is 3.38. The first-order chi connectivity index (χ1) is 16.2. The number of Topliss-reactive ketones (excluding diaryl/α,β-unsaturated/α-hetero) is 1. The van der Waals surface area contributed by atoms with Gasteiger partial charge in [-0.1, -0.05) is 17.4 Å². The fourth-order valence-corrected chi connectivity index (χ4v) is 4.72. The fraction of sp³-hybridized carbons (Fsp3) is 0.292. The second-order valence-electron chi connectivity index (χ2n) is 8.11. The molecular formula is C24H24N4O5S. The number of anilines is 1. The molecule has 2 aliphatic rings. The van der Waals surface area contributed by atoms with Crippen molar-refractivity contribution in [1.29, 1.82) is 0 Å². The maximum absolute atomic E-state index is 13.2. The number of aliphatic hydroxyl groups is 1. The van der Waals surface area contributed by atoms with Crippen LogP contribution in [-0.2, 0) is 14.4 Å². The molecule has 0 bridgehead atoms. The van der Waals surface area contributed by atoms with Crippen LogP contribution in [0.4, 0.5) is 5.13 Å². The van der Waals surface area contributed by atoms with Gasteiger partial charge in [-0.05, 0) is 55.7 Å². The molecular weight excluding hydrogens is 456 g/mol. The fourth-order valence-electron chi connectivity index (χ4n) is 4.01. The van der Waals surface area contributed by atoms with E-state index in [1.165, 1.54) is 28.2 Å². The topological polar surface area (TPSA) is 113 Å². The van der Waals surface area contributed by atoms with Gasteiger partial charge in [-0.25, -0.2) is 0 Å². The van der Waals surface area contributed by atoms with Gasteiger partial charge in [0.25, 0.3) is 5.78 Å². The summed E-state index contributed by atoms with van der Waals surface area (Å²) >= 11 is 1.17. The smallest absolute Gasteiger partial charge is 0.301 e. The van der Waals surface area contributed by atoms with Crippen molar-refractivity contribution in [2.24, 2.45) is 0 Å². The lowest BCUT2D eigenvalue weighted by Gasteiger charge is -2.26. The second kappa shape index (κ2) is 9.22. The van der Waals surface area contributed by atoms with Gasteiger partial charge in [0.2, 0.25) is 11.0 Å². The summed E-state index contributed by atoms with van der Waals surface area (Å²) in [4.78, 5) is 41.7. The highest BCUT2D eigenvalue weighted by Crippen LogP contribution is 2.39. The van der Waals surface area contributed by atoms with Gasteiger partial charge in [0, 0.05) is 25.2 Å². The number of aliphatic hydroxyl groups excluding tert-OH is 1. The van der Waals surface area contributed by atoms with E-state index in [1.807, 2.05) is 6.08 Å². The number of aromatic nitrogens is 2. The molecule has 0 saturated carbocycles. The van der Waals surface area contributed by atoms with E-state index in [4.69, 9.17) is 4.74 Å². The van der Waals surface area contributed by atoms with Crippen molar-refractivity contribution in [2.75, 3.05) is 26.1 Å². The zero-order valence-electron chi connectivity index (χ0n) is 19.2. The molecule has 1 aliphatic heterocycles. The van der Waals surface area contributed by atoms with Crippen molar-refractivity contribution >= 4 is 39.8 Å². The third-order valence-electron chi connectivity index (χ3n) is 5.66. The number of carbonyl (C=O) groups is 3. The summed E-state index contributed by atoms with van der Waals surface area (Å²) < 4.78 is 5.17. The van der Waals surface area contributed by atoms with E-state index in [0.29, 0.717) is 40.3 Å². The summed E-state index contributed by atoms with van der Waals surface area (Å²) in [6, 6.07) is 5.59. The summed E-state index contributed by atoms with van der Waals surface area (Å²) in [7, 11) is 4.86. The van der Waals surface area contributed by atoms with Crippen LogP contribution in [0.25, 0.3) is 5.76 Å². The molecule has 34 heavy (non-hydrogen) atoms. The van der Waals surface area contributed by atoms with Crippen molar-refractivity contribution in [3.63, 3.8) is 0 Å². The molecule has 1 N–H and O–H groups in total. The zero-order chi connectivity index (χ0) is 24.6. The highest BCUT2D eigenvalue weighted by molar-refractivity contribution is 7.15. The first-order valence-electron chi connectivity index (χ1n) is 10.6. The van der Waals surface area contributed by atoms with Crippen LogP contribution in [0.3, 0.4) is 0 Å². The standard InChI is InChI=1S/C24H24N4O5S/c1-13-25-26-24(34-13)28-19(15-6-5-7-16(12-15)22(31)27(2)3)18(21(30)23(28)32)20(29)14-8-10-17(33-4)11-9-14/h6,8-12,19,29H,5,7H2,1-4H3. The number of likely N-dealkylation sites (N-methyl/N-ethyl adjacent to an activating group) is 1. The van der Waals surface area contributed by atoms with Gasteiger partial charge < -0.3 is 14.7 Å². The molecule has 176 valence electrons. The third-order valence-corrected chi connectivity index (χ3v) is 6.50. The van der Waals surface area contributed by atoms with Crippen molar-refractivity contribution in [1.82, 2.24) is 15.1 Å². The number of amides is 2. The minimum Gasteiger partial charge on any atom is -0.507 e. The predicted molar refractivity (Wildman–Crippen MR) is 128 cm³/mol. The Morgan fingerprint density at radius 3 is 2.50 bits per heavy atom. The van der Waals surface area contributed by atoms with Crippen LogP contribution in [0.5, 0.6) is 5.75 Å². The normalized spacial score (nSPS) is 19.6. The van der Waals surface area contributed by atoms with Crippen LogP contribution in [0.1, 0.15) is 23.4 Å². The summed E-state index contributed by atoms with van der Waals surface area (Å²) in [6.07, 6.45) is 4.67. The molecule has 0 radical (unpaired) electrons. The second-order valence-corrected chi connectivity index (χ2v) is 9.27. The third kappa shape index (κ3) is 4.12. The Kier molecular flexibility index (Phi) is 6.34. The number of rotatable bonds is 5. The Hall–Kier alpha value is -3.79. The summed E-state index contributed by atoms with van der Waals surface area (Å²) in [6.45, 7) is 1.75. The van der Waals surface area contributed by atoms with Gasteiger partial charge in [-0.2, -0.15) is 0 Å². The largest absolute Gasteiger partial charge is 0.507 e. The molecule has 1 aromatic carbocycles. The Bertz CT molecular complexity index is 1260. The maximum atomic E-state index is 13.2. The number of methoxy groups -OCH3 is 1. The number of allylic oxidation sites excluding steroid dienone is 1. The van der Waals surface area contributed by atoms with Crippen LogP contribution < -0.4 is 9.64 Å². The Balaban J connectivity index is 1.89. The molecule has 1 atom stereocenters. The molecule has 1 unspecified atom stereocenters. The molecule has 2 aromatic rings. The van der Waals surface area contributed by atoms with E-state index < -0.39 is 17.7 Å². The molecule has 9 nitrogen and oxygen atoms in total. The number of benzene rings is 1. The van der Waals surface area contributed by atoms with Gasteiger partial charge >= 0.3 is 5.91 Å². The Morgan fingerprint density at radius 2 is 1.91 bits per heavy atom. The number of hydrogen-bond acceptors (Lipinski definition) is 8. The predicted octanol–water partition coefficient (Wildman–Crippen LogP) is 2.84. The number of ketones is 1. The van der Waals surface area contributed by atoms with E-state index in [9.17, 15) is 19.5 Å². The number of hydrogen-bond donors (Lipinski definition) is 1. The van der Waals surface area contributed by atoms with Crippen LogP contribution in [0.15, 0.2) is 53.1 Å². The van der Waals surface area contributed by atoms with Gasteiger partial charge in [0.1, 0.15) is 16.5 Å². The Labute approximate surface area is 200 Å². The first kappa shape index (κ1) is 23.4. The van der Waals surface area contributed by atoms with E-state index in [-0.39, 0.29) is 22.4 Å². The minimum absolute atomic E-state index is 0.0657. The van der Waals surface area contributed by atoms with E-state index >= 15 is 0 Å². The summed E-state index contributed by atoms with van der Waals surface area (Å²) in [5.74, 6) is -1.51. The molecule has 1 aromatic heterocycles. The molecule has 1 saturated heterocycles. The van der Waals surface area contributed by atoms with Crippen LogP contribution in [0, 0.1) is 6.92 Å². The van der Waals surface area contributed by atoms with Crippen molar-refractivity contribution < 1.29 is 24.2 Å². The number of ether oxygens (including phenoxy) is 1. The highest BCUT2D eigenvalue weighted by Gasteiger charge is 2.49. The van der Waals surface area contributed by atoms with E-state index in [0.717, 1.165) is 0 Å². The van der Waals surface area contributed by atoms with Gasteiger partial charge in [0.15, 0.2) is 0 Å². The average molecular weight is 481 g/mol. The van der Waals surface area contributed by atoms with Crippen molar-refractivity contribution in [3.05, 3.63) is 63.7 Å². The number of aryl methyl sites for hydroxylation is 1. The lowest BCUT2D eigenvalue weighted by Crippen LogP contribution is -2.36. The SMILES string of the molecule is COc1ccc(C(O)=C2C(=O)C(=O)N(c3nnc(C)s3)C2C2=CCCC(C(=O)N(C)C)=C2)cc1. The van der Waals surface area contributed by atoms with Crippen molar-refractivity contribution in [2.45, 2.75) is 25.8 Å². The molecule has 4 rings (SSSR count). The quantitative estimate of drug-likeness (QED) is 0.398. The minimum atomic E-state index is -0.945. The summed E-state index contributed by atoms with van der Waals surface area (Å²) in [5.41, 5.74) is 1.43. The lowest BCUT2D eigenvalue weighted by atomic mass is 9.89. The van der Waals surface area contributed by atoms with Gasteiger partial charge in [-0.3, -0.25) is 19.3 Å². The van der Waals surface area contributed by atoms with Crippen LogP contribution in [-0.4, -0.2) is 65.0 Å². The van der Waals surface area contributed by atoms with E-state index in [1.54, 1.807) is 51.4 Å². The van der Waals surface area contributed by atoms with E-state index in [2.05, 4.69) is 10.2 Å². The zero-order valence-corrected chi connectivity index (χ0v) is 20.0. The lowest BCUT2D eigenvalue weighted by molar-refractivity contribution is -0.132. The first-order valence-corrected chi connectivity index (χ1v) is 11.4. The highest BCUT2D eigenvalue weighted by atomic mass is 32.1. The number of nitrogens with zero attached hydrogens (tertiary/aromatic N) is 4. The number of carbonyl (C=O) groups excluding carboxylic acids is 3. The van der Waals surface area contributed by atoms with Crippen LogP contribution in [0.2, 0.25) is 0 Å². The molecule has 1 aliphatic carbocycles. The maximum Gasteiger partial charge on any atom is 0.301 e. The van der Waals surface area contributed by atoms with Crippen LogP contribution >= 0.6 is 11.3 Å². The van der Waals surface area contributed by atoms with Gasteiger partial charge in [-0.15, -0.1) is 10.2 Å². The molecule has 10 heteroatoms. The Morgan fingerprint density at radius 1 is 1.21 bits per heavy atom. The molecule has 2 amide bonds. The van der Waals surface area contributed by atoms with Gasteiger partial charge in [0.05, 0.1) is 18.7 Å². The molecule has 0 spiro atoms. The summed E-state index contributed by atoms with van der Waals surface area (Å²) in [5, 5.41) is 20.1. The monoisotopic (exact) mass is 480 g/mol.